The third kappa shape index (κ3) is 3.31. The predicted molar refractivity (Wildman–Crippen MR) is 85.6 cm³/mol. The van der Waals surface area contributed by atoms with Gasteiger partial charge in [-0.05, 0) is 26.0 Å². The summed E-state index contributed by atoms with van der Waals surface area (Å²) in [5.41, 5.74) is 3.15. The number of nitrogens with one attached hydrogen (secondary N) is 1. The van der Waals surface area contributed by atoms with Gasteiger partial charge in [0, 0.05) is 19.0 Å². The van der Waals surface area contributed by atoms with Gasteiger partial charge in [-0.1, -0.05) is 23.4 Å². The fraction of sp³-hybridized carbons (Fsp3) is 0.235. The average Bonchev–Trinajstić information content (AvgIpc) is 3.14. The Morgan fingerprint density at radius 2 is 2.04 bits per heavy atom. The number of carbonyl (C=O) groups is 1. The van der Waals surface area contributed by atoms with E-state index in [0.29, 0.717) is 18.5 Å². The molecule has 0 bridgehead atoms. The maximum absolute atomic E-state index is 12.3. The first-order chi connectivity index (χ1) is 11.1. The Hall–Kier alpha value is -2.89. The molecule has 1 amide bonds. The highest BCUT2D eigenvalue weighted by Gasteiger charge is 2.14. The summed E-state index contributed by atoms with van der Waals surface area (Å²) in [5, 5.41) is 11.0. The number of carbonyl (C=O) groups excluding carboxylic acids is 1. The van der Waals surface area contributed by atoms with Crippen LogP contribution in [0.1, 0.15) is 27.5 Å². The van der Waals surface area contributed by atoms with Gasteiger partial charge in [0.05, 0.1) is 28.8 Å². The molecule has 0 saturated heterocycles. The molecule has 0 aliphatic carbocycles. The zero-order chi connectivity index (χ0) is 16.2. The Kier molecular flexibility index (Phi) is 4.23. The Labute approximate surface area is 134 Å². The lowest BCUT2D eigenvalue weighted by Crippen LogP contribution is -2.26. The molecule has 0 atom stereocenters. The maximum Gasteiger partial charge on any atom is 0.254 e. The number of amides is 1. The van der Waals surface area contributed by atoms with Gasteiger partial charge in [-0.25, -0.2) is 4.68 Å². The summed E-state index contributed by atoms with van der Waals surface area (Å²) in [6.07, 6.45) is 2.20. The lowest BCUT2D eigenvalue weighted by Gasteiger charge is -2.06. The van der Waals surface area contributed by atoms with Crippen molar-refractivity contribution in [3.63, 3.8) is 0 Å². The van der Waals surface area contributed by atoms with Gasteiger partial charge in [0.15, 0.2) is 0 Å². The average molecular weight is 310 g/mol. The van der Waals surface area contributed by atoms with E-state index in [-0.39, 0.29) is 5.91 Å². The highest BCUT2D eigenvalue weighted by atomic mass is 16.5. The number of benzene rings is 1. The van der Waals surface area contributed by atoms with Crippen LogP contribution < -0.4 is 5.32 Å². The van der Waals surface area contributed by atoms with Gasteiger partial charge < -0.3 is 9.84 Å². The molecule has 6 nitrogen and oxygen atoms in total. The van der Waals surface area contributed by atoms with Crippen LogP contribution in [0.25, 0.3) is 5.69 Å². The quantitative estimate of drug-likeness (QED) is 0.785. The van der Waals surface area contributed by atoms with E-state index in [4.69, 9.17) is 4.52 Å². The van der Waals surface area contributed by atoms with Crippen molar-refractivity contribution in [2.45, 2.75) is 20.3 Å². The van der Waals surface area contributed by atoms with E-state index in [1.54, 1.807) is 10.9 Å². The first kappa shape index (κ1) is 15.0. The zero-order valence-electron chi connectivity index (χ0n) is 13.1. The van der Waals surface area contributed by atoms with E-state index in [1.165, 1.54) is 0 Å². The van der Waals surface area contributed by atoms with Crippen LogP contribution in [-0.2, 0) is 6.42 Å². The Morgan fingerprint density at radius 1 is 1.26 bits per heavy atom. The number of para-hydroxylation sites is 1. The van der Waals surface area contributed by atoms with E-state index >= 15 is 0 Å². The van der Waals surface area contributed by atoms with E-state index in [9.17, 15) is 4.79 Å². The third-order valence-corrected chi connectivity index (χ3v) is 3.59. The fourth-order valence-corrected chi connectivity index (χ4v) is 2.39. The molecule has 0 unspecified atom stereocenters. The number of hydrogen-bond acceptors (Lipinski definition) is 4. The summed E-state index contributed by atoms with van der Waals surface area (Å²) in [7, 11) is 0. The summed E-state index contributed by atoms with van der Waals surface area (Å²) in [4.78, 5) is 12.3. The molecule has 2 heterocycles. The second-order valence-corrected chi connectivity index (χ2v) is 5.33. The number of rotatable bonds is 5. The van der Waals surface area contributed by atoms with Gasteiger partial charge in [0.2, 0.25) is 0 Å². The van der Waals surface area contributed by atoms with Gasteiger partial charge in [0.1, 0.15) is 5.76 Å². The van der Waals surface area contributed by atoms with Crippen LogP contribution in [0.2, 0.25) is 0 Å². The molecule has 2 aromatic heterocycles. The topological polar surface area (TPSA) is 73.0 Å². The first-order valence-electron chi connectivity index (χ1n) is 7.45. The molecule has 3 rings (SSSR count). The SMILES string of the molecule is Cc1cc(CCNC(=O)c2cnn(-c3ccccc3)c2C)on1. The van der Waals surface area contributed by atoms with Gasteiger partial charge >= 0.3 is 0 Å². The molecular formula is C17H18N4O2. The molecule has 6 heteroatoms. The first-order valence-corrected chi connectivity index (χ1v) is 7.45. The Balaban J connectivity index is 1.65. The van der Waals surface area contributed by atoms with Crippen molar-refractivity contribution in [2.75, 3.05) is 6.54 Å². The summed E-state index contributed by atoms with van der Waals surface area (Å²) in [5.74, 6) is 0.625. The zero-order valence-corrected chi connectivity index (χ0v) is 13.1. The van der Waals surface area contributed by atoms with Crippen molar-refractivity contribution in [3.05, 3.63) is 65.3 Å². The molecule has 1 N–H and O–H groups in total. The summed E-state index contributed by atoms with van der Waals surface area (Å²) < 4.78 is 6.88. The van der Waals surface area contributed by atoms with E-state index in [2.05, 4.69) is 15.6 Å². The van der Waals surface area contributed by atoms with Crippen LogP contribution >= 0.6 is 0 Å². The highest BCUT2D eigenvalue weighted by molar-refractivity contribution is 5.95. The molecule has 0 fully saturated rings. The van der Waals surface area contributed by atoms with Crippen molar-refractivity contribution < 1.29 is 9.32 Å². The maximum atomic E-state index is 12.3. The molecule has 0 aliphatic rings. The van der Waals surface area contributed by atoms with Crippen LogP contribution in [0.15, 0.2) is 47.1 Å². The monoisotopic (exact) mass is 310 g/mol. The second-order valence-electron chi connectivity index (χ2n) is 5.33. The molecule has 0 radical (unpaired) electrons. The molecule has 0 spiro atoms. The van der Waals surface area contributed by atoms with Crippen molar-refractivity contribution in [3.8, 4) is 5.69 Å². The molecular weight excluding hydrogens is 292 g/mol. The van der Waals surface area contributed by atoms with Crippen molar-refractivity contribution >= 4 is 5.91 Å². The van der Waals surface area contributed by atoms with Gasteiger partial charge in [-0.15, -0.1) is 0 Å². The number of hydrogen-bond donors (Lipinski definition) is 1. The summed E-state index contributed by atoms with van der Waals surface area (Å²) in [6.45, 7) is 4.24. The molecule has 23 heavy (non-hydrogen) atoms. The van der Waals surface area contributed by atoms with Crippen LogP contribution in [0.4, 0.5) is 0 Å². The van der Waals surface area contributed by atoms with Gasteiger partial charge in [-0.3, -0.25) is 4.79 Å². The van der Waals surface area contributed by atoms with Crippen molar-refractivity contribution in [2.24, 2.45) is 0 Å². The molecule has 0 saturated carbocycles. The van der Waals surface area contributed by atoms with Gasteiger partial charge in [-0.2, -0.15) is 5.10 Å². The van der Waals surface area contributed by atoms with Crippen LogP contribution in [-0.4, -0.2) is 27.4 Å². The fourth-order valence-electron chi connectivity index (χ4n) is 2.39. The molecule has 3 aromatic rings. The highest BCUT2D eigenvalue weighted by Crippen LogP contribution is 2.13. The van der Waals surface area contributed by atoms with E-state index < -0.39 is 0 Å². The summed E-state index contributed by atoms with van der Waals surface area (Å²) >= 11 is 0. The van der Waals surface area contributed by atoms with E-state index in [0.717, 1.165) is 22.8 Å². The predicted octanol–water partition coefficient (Wildman–Crippen LogP) is 2.45. The Bertz CT molecular complexity index is 805. The normalized spacial score (nSPS) is 10.7. The number of nitrogens with zero attached hydrogens (tertiary/aromatic N) is 3. The van der Waals surface area contributed by atoms with E-state index in [1.807, 2.05) is 50.2 Å². The molecule has 118 valence electrons. The minimum Gasteiger partial charge on any atom is -0.361 e. The van der Waals surface area contributed by atoms with Crippen molar-refractivity contribution in [1.82, 2.24) is 20.3 Å². The Morgan fingerprint density at radius 3 is 2.74 bits per heavy atom. The third-order valence-electron chi connectivity index (χ3n) is 3.59. The van der Waals surface area contributed by atoms with Crippen LogP contribution in [0, 0.1) is 13.8 Å². The largest absolute Gasteiger partial charge is 0.361 e. The van der Waals surface area contributed by atoms with Crippen LogP contribution in [0.5, 0.6) is 0 Å². The number of aryl methyl sites for hydroxylation is 1. The smallest absolute Gasteiger partial charge is 0.254 e. The second kappa shape index (κ2) is 6.48. The standard InChI is InChI=1S/C17H18N4O2/c1-12-10-15(23-20-12)8-9-18-17(22)16-11-19-21(13(16)2)14-6-4-3-5-7-14/h3-7,10-11H,8-9H2,1-2H3,(H,18,22). The van der Waals surface area contributed by atoms with Crippen LogP contribution in [0.3, 0.4) is 0 Å². The summed E-state index contributed by atoms with van der Waals surface area (Å²) in [6, 6.07) is 11.6. The lowest BCUT2D eigenvalue weighted by atomic mass is 10.2. The lowest BCUT2D eigenvalue weighted by molar-refractivity contribution is 0.0953. The number of aromatic nitrogens is 3. The molecule has 0 aliphatic heterocycles. The van der Waals surface area contributed by atoms with Crippen molar-refractivity contribution in [1.29, 1.82) is 0 Å². The molecule has 1 aromatic carbocycles. The minimum absolute atomic E-state index is 0.138. The van der Waals surface area contributed by atoms with Gasteiger partial charge in [0.25, 0.3) is 5.91 Å². The minimum atomic E-state index is -0.138.